The third kappa shape index (κ3) is 2.81. The molecule has 0 aliphatic heterocycles. The van der Waals surface area contributed by atoms with Crippen LogP contribution in [-0.4, -0.2) is 28.7 Å². The Hall–Kier alpha value is -3.08. The lowest BCUT2D eigenvalue weighted by atomic mass is 10.0. The maximum Gasteiger partial charge on any atom is 0.337 e. The number of carboxylic acids is 1. The molecule has 0 spiro atoms. The van der Waals surface area contributed by atoms with Crippen LogP contribution in [-0.2, 0) is 16.1 Å². The number of aromatic nitrogens is 1. The van der Waals surface area contributed by atoms with Crippen LogP contribution in [0.4, 0.5) is 0 Å². The summed E-state index contributed by atoms with van der Waals surface area (Å²) in [6, 6.07) is 14.9. The maximum atomic E-state index is 11.7. The van der Waals surface area contributed by atoms with E-state index in [9.17, 15) is 9.59 Å². The van der Waals surface area contributed by atoms with Gasteiger partial charge in [-0.05, 0) is 17.7 Å². The Morgan fingerprint density at radius 3 is 2.52 bits per heavy atom. The van der Waals surface area contributed by atoms with Crippen molar-refractivity contribution in [2.75, 3.05) is 7.11 Å². The van der Waals surface area contributed by atoms with Crippen molar-refractivity contribution in [3.05, 3.63) is 60.3 Å². The minimum Gasteiger partial charge on any atom is -0.480 e. The average Bonchev–Trinajstić information content (AvgIpc) is 2.92. The number of methoxy groups -OCH3 is 1. The van der Waals surface area contributed by atoms with Crippen LogP contribution in [0.25, 0.3) is 22.0 Å². The van der Waals surface area contributed by atoms with Crippen molar-refractivity contribution < 1.29 is 19.4 Å². The molecule has 3 rings (SSSR count). The molecule has 5 heteroatoms. The van der Waals surface area contributed by atoms with Crippen LogP contribution >= 0.6 is 0 Å². The largest absolute Gasteiger partial charge is 0.480 e. The van der Waals surface area contributed by atoms with Crippen molar-refractivity contribution >= 4 is 22.8 Å². The molecule has 0 saturated carbocycles. The number of esters is 1. The van der Waals surface area contributed by atoms with Crippen LogP contribution in [0.2, 0.25) is 0 Å². The summed E-state index contributed by atoms with van der Waals surface area (Å²) < 4.78 is 6.36. The van der Waals surface area contributed by atoms with E-state index in [1.807, 2.05) is 36.4 Å². The van der Waals surface area contributed by atoms with Crippen LogP contribution in [0, 0.1) is 0 Å². The zero-order valence-corrected chi connectivity index (χ0v) is 12.5. The van der Waals surface area contributed by atoms with Crippen LogP contribution < -0.4 is 0 Å². The fourth-order valence-corrected chi connectivity index (χ4v) is 2.66. The van der Waals surface area contributed by atoms with Gasteiger partial charge < -0.3 is 14.4 Å². The Morgan fingerprint density at radius 1 is 1.13 bits per heavy atom. The number of carboxylic acid groups (broad SMARTS) is 1. The first-order chi connectivity index (χ1) is 11.1. The molecule has 1 heterocycles. The Bertz CT molecular complexity index is 881. The highest BCUT2D eigenvalue weighted by molar-refractivity contribution is 6.01. The van der Waals surface area contributed by atoms with E-state index in [1.165, 1.54) is 7.11 Å². The van der Waals surface area contributed by atoms with Crippen molar-refractivity contribution in [3.63, 3.8) is 0 Å². The Kier molecular flexibility index (Phi) is 3.85. The molecule has 0 atom stereocenters. The zero-order valence-electron chi connectivity index (χ0n) is 12.5. The molecule has 0 aliphatic carbocycles. The van der Waals surface area contributed by atoms with Crippen molar-refractivity contribution in [1.29, 1.82) is 0 Å². The maximum absolute atomic E-state index is 11.7. The fraction of sp³-hybridized carbons (Fsp3) is 0.111. The lowest BCUT2D eigenvalue weighted by Gasteiger charge is -2.03. The van der Waals surface area contributed by atoms with E-state index in [4.69, 9.17) is 9.84 Å². The van der Waals surface area contributed by atoms with E-state index in [0.717, 1.165) is 16.5 Å². The third-order valence-corrected chi connectivity index (χ3v) is 3.69. The van der Waals surface area contributed by atoms with E-state index in [0.29, 0.717) is 11.1 Å². The van der Waals surface area contributed by atoms with Gasteiger partial charge in [-0.2, -0.15) is 0 Å². The van der Waals surface area contributed by atoms with Gasteiger partial charge in [0.25, 0.3) is 0 Å². The van der Waals surface area contributed by atoms with Crippen LogP contribution in [0.3, 0.4) is 0 Å². The molecule has 3 aromatic rings. The second kappa shape index (κ2) is 5.96. The number of hydrogen-bond acceptors (Lipinski definition) is 3. The van der Waals surface area contributed by atoms with Crippen molar-refractivity contribution in [1.82, 2.24) is 4.57 Å². The SMILES string of the molecule is COC(=O)c1ccc2c(-c3ccccc3)cn(CC(=O)O)c2c1. The summed E-state index contributed by atoms with van der Waals surface area (Å²) in [7, 11) is 1.32. The van der Waals surface area contributed by atoms with Crippen LogP contribution in [0.1, 0.15) is 10.4 Å². The van der Waals surface area contributed by atoms with E-state index >= 15 is 0 Å². The first-order valence-electron chi connectivity index (χ1n) is 7.08. The third-order valence-electron chi connectivity index (χ3n) is 3.69. The molecule has 5 nitrogen and oxygen atoms in total. The molecule has 1 aromatic heterocycles. The number of carbonyl (C=O) groups excluding carboxylic acids is 1. The van der Waals surface area contributed by atoms with Gasteiger partial charge in [-0.25, -0.2) is 4.79 Å². The lowest BCUT2D eigenvalue weighted by molar-refractivity contribution is -0.137. The molecule has 0 radical (unpaired) electrons. The van der Waals surface area contributed by atoms with Gasteiger partial charge in [-0.1, -0.05) is 36.4 Å². The van der Waals surface area contributed by atoms with Gasteiger partial charge in [-0.3, -0.25) is 4.79 Å². The molecule has 2 aromatic carbocycles. The summed E-state index contributed by atoms with van der Waals surface area (Å²) in [4.78, 5) is 22.8. The predicted octanol–water partition coefficient (Wildman–Crippen LogP) is 3.18. The normalized spacial score (nSPS) is 10.7. The second-order valence-electron chi connectivity index (χ2n) is 5.15. The van der Waals surface area contributed by atoms with Crippen LogP contribution in [0.15, 0.2) is 54.7 Å². The highest BCUT2D eigenvalue weighted by atomic mass is 16.5. The highest BCUT2D eigenvalue weighted by Crippen LogP contribution is 2.31. The monoisotopic (exact) mass is 309 g/mol. The molecule has 1 N–H and O–H groups in total. The molecular formula is C18H15NO4. The van der Waals surface area contributed by atoms with Crippen molar-refractivity contribution in [2.24, 2.45) is 0 Å². The Balaban J connectivity index is 2.22. The number of hydrogen-bond donors (Lipinski definition) is 1. The van der Waals surface area contributed by atoms with Gasteiger partial charge in [0, 0.05) is 17.1 Å². The second-order valence-corrected chi connectivity index (χ2v) is 5.15. The molecule has 0 saturated heterocycles. The minimum absolute atomic E-state index is 0.173. The van der Waals surface area contributed by atoms with Gasteiger partial charge in [0.2, 0.25) is 0 Å². The first-order valence-corrected chi connectivity index (χ1v) is 7.08. The highest BCUT2D eigenvalue weighted by Gasteiger charge is 2.15. The predicted molar refractivity (Wildman–Crippen MR) is 86.3 cm³/mol. The molecular weight excluding hydrogens is 294 g/mol. The molecule has 0 fully saturated rings. The molecule has 0 unspecified atom stereocenters. The number of rotatable bonds is 4. The number of carbonyl (C=O) groups is 2. The zero-order chi connectivity index (χ0) is 16.4. The van der Waals surface area contributed by atoms with E-state index in [2.05, 4.69) is 0 Å². The van der Waals surface area contributed by atoms with Crippen LogP contribution in [0.5, 0.6) is 0 Å². The first kappa shape index (κ1) is 14.8. The molecule has 0 amide bonds. The van der Waals surface area contributed by atoms with E-state index < -0.39 is 11.9 Å². The number of nitrogens with zero attached hydrogens (tertiary/aromatic N) is 1. The standard InChI is InChI=1S/C18H15NO4/c1-23-18(22)13-7-8-14-15(12-5-3-2-4-6-12)10-19(11-17(20)21)16(14)9-13/h2-10H,11H2,1H3,(H,20,21). The molecule has 116 valence electrons. The minimum atomic E-state index is -0.940. The number of ether oxygens (including phenoxy) is 1. The number of aliphatic carboxylic acids is 1. The van der Waals surface area contributed by atoms with Gasteiger partial charge in [0.15, 0.2) is 0 Å². The number of fused-ring (bicyclic) bond motifs is 1. The van der Waals surface area contributed by atoms with Gasteiger partial charge in [-0.15, -0.1) is 0 Å². The van der Waals surface area contributed by atoms with Crippen molar-refractivity contribution in [3.8, 4) is 11.1 Å². The summed E-state index contributed by atoms with van der Waals surface area (Å²) in [6.07, 6.45) is 1.80. The number of benzene rings is 2. The van der Waals surface area contributed by atoms with E-state index in [1.54, 1.807) is 22.9 Å². The summed E-state index contributed by atoms with van der Waals surface area (Å²) in [5.41, 5.74) is 3.00. The lowest BCUT2D eigenvalue weighted by Crippen LogP contribution is -2.08. The quantitative estimate of drug-likeness (QED) is 0.752. The summed E-state index contributed by atoms with van der Waals surface area (Å²) >= 11 is 0. The van der Waals surface area contributed by atoms with Gasteiger partial charge in [0.05, 0.1) is 18.2 Å². The molecule has 0 bridgehead atoms. The molecule has 0 aliphatic rings. The Labute approximate surface area is 132 Å². The fourth-order valence-electron chi connectivity index (χ4n) is 2.66. The van der Waals surface area contributed by atoms with Crippen molar-refractivity contribution in [2.45, 2.75) is 6.54 Å². The van der Waals surface area contributed by atoms with Gasteiger partial charge >= 0.3 is 11.9 Å². The van der Waals surface area contributed by atoms with E-state index in [-0.39, 0.29) is 6.54 Å². The molecule has 23 heavy (non-hydrogen) atoms. The Morgan fingerprint density at radius 2 is 1.87 bits per heavy atom. The smallest absolute Gasteiger partial charge is 0.337 e. The summed E-state index contributed by atoms with van der Waals surface area (Å²) in [5.74, 6) is -1.39. The average molecular weight is 309 g/mol. The summed E-state index contributed by atoms with van der Waals surface area (Å²) in [6.45, 7) is -0.173. The topological polar surface area (TPSA) is 68.5 Å². The van der Waals surface area contributed by atoms with Gasteiger partial charge in [0.1, 0.15) is 6.54 Å². The summed E-state index contributed by atoms with van der Waals surface area (Å²) in [5, 5.41) is 10.0.